The molecular formula is C74H67N3. The van der Waals surface area contributed by atoms with Gasteiger partial charge in [-0.2, -0.15) is 0 Å². The maximum atomic E-state index is 5.63. The van der Waals surface area contributed by atoms with Gasteiger partial charge in [-0.15, -0.1) is 0 Å². The van der Waals surface area contributed by atoms with Gasteiger partial charge in [-0.1, -0.05) is 197 Å². The summed E-state index contributed by atoms with van der Waals surface area (Å²) in [7, 11) is 0. The minimum absolute atomic E-state index is 0.225. The molecule has 3 nitrogen and oxygen atoms in total. The summed E-state index contributed by atoms with van der Waals surface area (Å²) < 4.78 is 0. The number of fused-ring (bicyclic) bond motifs is 17. The fourth-order valence-electron chi connectivity index (χ4n) is 19.5. The molecule has 77 heavy (non-hydrogen) atoms. The first kappa shape index (κ1) is 45.1. The first-order valence-corrected chi connectivity index (χ1v) is 29.8. The highest BCUT2D eigenvalue weighted by Crippen LogP contribution is 2.68. The summed E-state index contributed by atoms with van der Waals surface area (Å²) in [6.07, 6.45) is 22.2. The van der Waals surface area contributed by atoms with E-state index in [0.29, 0.717) is 11.3 Å². The van der Waals surface area contributed by atoms with Crippen molar-refractivity contribution >= 4 is 5.57 Å². The van der Waals surface area contributed by atoms with Crippen LogP contribution in [0.25, 0.3) is 50.9 Å². The number of aromatic nitrogens is 3. The van der Waals surface area contributed by atoms with Crippen molar-refractivity contribution in [3.63, 3.8) is 0 Å². The largest absolute Gasteiger partial charge is 0.208 e. The molecule has 1 heterocycles. The van der Waals surface area contributed by atoms with Gasteiger partial charge in [0.15, 0.2) is 17.5 Å². The lowest BCUT2D eigenvalue weighted by Crippen LogP contribution is -2.48. The highest BCUT2D eigenvalue weighted by atomic mass is 15.0. The minimum Gasteiger partial charge on any atom is -0.208 e. The molecule has 7 aromatic carbocycles. The highest BCUT2D eigenvalue weighted by Gasteiger charge is 2.60. The maximum Gasteiger partial charge on any atom is 0.164 e. The van der Waals surface area contributed by atoms with Crippen molar-refractivity contribution in [3.05, 3.63) is 237 Å². The standard InChI is InChI=1S/C74H67N3/c1-45-25-31-58-59-32-28-52(39-67(59)74(66(58)34-45)64-23-9-7-21-62(64)73(63-22-8-10-24-65(63)74)60-19-5-3-17-56(60)57-18-4-6-20-61(57)73)70-76-68(50-26-29-54(30-27-50)72-41-47-35-48(42-72)37-49(36-47)43-72)75-69(77-70)51-15-13-16-55(38-51)71-33-12-11-14-53(44-71)46(2)40-71/h3-10,13,15-32,38-39,45-49,53H,11-12,14,33-37,40-44H2,1-2H3/t45?,46-,47?,48?,49?,53?,71?,72?/m0/s1. The smallest absolute Gasteiger partial charge is 0.164 e. The fourth-order valence-corrected chi connectivity index (χ4v) is 19.5. The van der Waals surface area contributed by atoms with Crippen LogP contribution in [0.15, 0.2) is 182 Å². The van der Waals surface area contributed by atoms with Crippen LogP contribution in [-0.2, 0) is 21.7 Å². The highest BCUT2D eigenvalue weighted by molar-refractivity contribution is 5.96. The maximum absolute atomic E-state index is 5.63. The Morgan fingerprint density at radius 3 is 1.62 bits per heavy atom. The number of hydrogen-bond acceptors (Lipinski definition) is 3. The van der Waals surface area contributed by atoms with Crippen molar-refractivity contribution < 1.29 is 0 Å². The first-order valence-electron chi connectivity index (χ1n) is 29.8. The van der Waals surface area contributed by atoms with Crippen LogP contribution in [0, 0.1) is 35.5 Å². The second kappa shape index (κ2) is 16.3. The van der Waals surface area contributed by atoms with E-state index in [0.717, 1.165) is 70.2 Å². The molecule has 3 unspecified atom stereocenters. The zero-order chi connectivity index (χ0) is 50.8. The van der Waals surface area contributed by atoms with E-state index >= 15 is 0 Å². The van der Waals surface area contributed by atoms with Crippen molar-refractivity contribution in [1.82, 2.24) is 15.0 Å². The lowest BCUT2D eigenvalue weighted by Gasteiger charge is -2.57. The summed E-state index contributed by atoms with van der Waals surface area (Å²) in [6, 6.07) is 63.8. The van der Waals surface area contributed by atoms with E-state index in [1.165, 1.54) is 155 Å². The zero-order valence-electron chi connectivity index (χ0n) is 44.7. The summed E-state index contributed by atoms with van der Waals surface area (Å²) in [4.78, 5) is 16.8. The topological polar surface area (TPSA) is 38.7 Å². The Morgan fingerprint density at radius 2 is 0.987 bits per heavy atom. The minimum atomic E-state index is -0.543. The van der Waals surface area contributed by atoms with Gasteiger partial charge in [0.05, 0.1) is 10.8 Å². The predicted molar refractivity (Wildman–Crippen MR) is 311 cm³/mol. The summed E-state index contributed by atoms with van der Waals surface area (Å²) in [5.41, 5.74) is 22.2. The van der Waals surface area contributed by atoms with Crippen LogP contribution < -0.4 is 0 Å². The van der Waals surface area contributed by atoms with Crippen LogP contribution in [0.1, 0.15) is 153 Å². The summed E-state index contributed by atoms with van der Waals surface area (Å²) in [6.45, 7) is 4.91. The Morgan fingerprint density at radius 1 is 0.429 bits per heavy atom. The molecule has 4 atom stereocenters. The van der Waals surface area contributed by atoms with Gasteiger partial charge in [-0.25, -0.2) is 15.0 Å². The quantitative estimate of drug-likeness (QED) is 0.172. The van der Waals surface area contributed by atoms with E-state index in [4.69, 9.17) is 15.0 Å². The van der Waals surface area contributed by atoms with Gasteiger partial charge in [-0.05, 0) is 201 Å². The third-order valence-electron chi connectivity index (χ3n) is 22.1. The van der Waals surface area contributed by atoms with Crippen LogP contribution in [0.4, 0.5) is 0 Å². The van der Waals surface area contributed by atoms with Gasteiger partial charge < -0.3 is 0 Å². The number of benzene rings is 7. The van der Waals surface area contributed by atoms with Crippen LogP contribution in [0.5, 0.6) is 0 Å². The Balaban J connectivity index is 0.865. The molecule has 6 bridgehead atoms. The van der Waals surface area contributed by atoms with Crippen molar-refractivity contribution in [2.24, 2.45) is 35.5 Å². The average Bonchev–Trinajstić information content (AvgIpc) is 3.45. The molecule has 6 fully saturated rings. The average molecular weight is 998 g/mol. The van der Waals surface area contributed by atoms with E-state index < -0.39 is 10.8 Å². The number of nitrogens with zero attached hydrogens (tertiary/aromatic N) is 3. The molecule has 10 aliphatic carbocycles. The lowest BCUT2D eigenvalue weighted by molar-refractivity contribution is -0.00518. The van der Waals surface area contributed by atoms with Gasteiger partial charge in [0, 0.05) is 16.7 Å². The third-order valence-corrected chi connectivity index (χ3v) is 22.1. The van der Waals surface area contributed by atoms with E-state index in [-0.39, 0.29) is 5.41 Å². The van der Waals surface area contributed by atoms with Crippen molar-refractivity contribution in [2.75, 3.05) is 0 Å². The van der Waals surface area contributed by atoms with Crippen LogP contribution in [0.3, 0.4) is 0 Å². The molecule has 378 valence electrons. The molecule has 10 aliphatic rings. The summed E-state index contributed by atoms with van der Waals surface area (Å²) in [5.74, 6) is 6.95. The summed E-state index contributed by atoms with van der Waals surface area (Å²) >= 11 is 0. The van der Waals surface area contributed by atoms with Crippen molar-refractivity contribution in [3.8, 4) is 45.3 Å². The summed E-state index contributed by atoms with van der Waals surface area (Å²) in [5, 5.41) is 0. The fraction of sp³-hybridized carbons (Fsp3) is 0.338. The van der Waals surface area contributed by atoms with E-state index in [2.05, 4.69) is 190 Å². The van der Waals surface area contributed by atoms with Gasteiger partial charge >= 0.3 is 0 Å². The Labute approximate surface area is 455 Å². The Kier molecular flexibility index (Phi) is 9.54. The van der Waals surface area contributed by atoms with Crippen molar-refractivity contribution in [2.45, 2.75) is 119 Å². The Bertz CT molecular complexity index is 3720. The monoisotopic (exact) mass is 998 g/mol. The molecule has 0 aliphatic heterocycles. The molecule has 2 spiro atoms. The van der Waals surface area contributed by atoms with Gasteiger partial charge in [0.25, 0.3) is 0 Å². The van der Waals surface area contributed by atoms with Crippen LogP contribution in [-0.4, -0.2) is 15.0 Å². The molecule has 0 amide bonds. The molecule has 1 aromatic heterocycles. The van der Waals surface area contributed by atoms with E-state index in [9.17, 15) is 0 Å². The van der Waals surface area contributed by atoms with Gasteiger partial charge in [-0.3, -0.25) is 0 Å². The second-order valence-corrected chi connectivity index (χ2v) is 26.2. The molecule has 8 aromatic rings. The normalized spacial score (nSPS) is 28.7. The SMILES string of the molecule is CC1C=CC2=C(C1)C1(c3cc(-c4nc(-c5ccc(C67CC8CC(CC(C8)C6)C7)cc5)nc(-c5cccc(C67CCCCC(C6)[C@@H](C)C7)c5)n4)ccc32)c2ccccc2C2(c3ccccc3-c3ccccc32)c2ccccc21. The molecule has 18 rings (SSSR count). The number of rotatable bonds is 5. The van der Waals surface area contributed by atoms with Gasteiger partial charge in [0.2, 0.25) is 0 Å². The second-order valence-electron chi connectivity index (χ2n) is 26.2. The van der Waals surface area contributed by atoms with Gasteiger partial charge in [0.1, 0.15) is 0 Å². The zero-order valence-corrected chi connectivity index (χ0v) is 44.7. The van der Waals surface area contributed by atoms with E-state index in [1.54, 1.807) is 0 Å². The molecule has 0 N–H and O–H groups in total. The molecular weight excluding hydrogens is 931 g/mol. The molecule has 6 saturated carbocycles. The predicted octanol–water partition coefficient (Wildman–Crippen LogP) is 17.6. The Hall–Kier alpha value is -6.97. The van der Waals surface area contributed by atoms with E-state index in [1.807, 2.05) is 0 Å². The van der Waals surface area contributed by atoms with Crippen molar-refractivity contribution in [1.29, 1.82) is 0 Å². The first-order chi connectivity index (χ1) is 37.8. The third kappa shape index (κ3) is 6.18. The number of allylic oxidation sites excluding steroid dienone is 4. The molecule has 0 saturated heterocycles. The molecule has 3 heteroatoms. The molecule has 0 radical (unpaired) electrons. The van der Waals surface area contributed by atoms with Crippen LogP contribution in [0.2, 0.25) is 0 Å². The number of hydrogen-bond donors (Lipinski definition) is 0. The lowest BCUT2D eigenvalue weighted by atomic mass is 9.48. The van der Waals surface area contributed by atoms with Crippen LogP contribution >= 0.6 is 0 Å².